The summed E-state index contributed by atoms with van der Waals surface area (Å²) in [5.41, 5.74) is 2.25. The van der Waals surface area contributed by atoms with Crippen LogP contribution >= 0.6 is 0 Å². The van der Waals surface area contributed by atoms with Crippen molar-refractivity contribution < 1.29 is 18.9 Å². The second-order valence-corrected chi connectivity index (χ2v) is 5.51. The van der Waals surface area contributed by atoms with Gasteiger partial charge in [0.2, 0.25) is 0 Å². The van der Waals surface area contributed by atoms with Crippen LogP contribution in [0.3, 0.4) is 0 Å². The van der Waals surface area contributed by atoms with E-state index in [0.717, 1.165) is 11.1 Å². The molecule has 3 rings (SSSR count). The maximum Gasteiger partial charge on any atom is 0.164 e. The van der Waals surface area contributed by atoms with Gasteiger partial charge in [-0.05, 0) is 25.0 Å². The minimum Gasteiger partial charge on any atom is -0.374 e. The molecule has 0 saturated carbocycles. The van der Waals surface area contributed by atoms with Crippen molar-refractivity contribution in [3.8, 4) is 0 Å². The van der Waals surface area contributed by atoms with Gasteiger partial charge in [-0.15, -0.1) is 0 Å². The predicted molar refractivity (Wildman–Crippen MR) is 69.8 cm³/mol. The molecule has 0 radical (unpaired) electrons. The number of ether oxygens (including phenoxy) is 4. The third-order valence-corrected chi connectivity index (χ3v) is 3.88. The number of hydrogen-bond donors (Lipinski definition) is 0. The summed E-state index contributed by atoms with van der Waals surface area (Å²) < 4.78 is 23.4. The fourth-order valence-electron chi connectivity index (χ4n) is 3.19. The van der Waals surface area contributed by atoms with E-state index < -0.39 is 5.79 Å². The molecule has 0 spiro atoms. The molecule has 1 aliphatic heterocycles. The van der Waals surface area contributed by atoms with Crippen LogP contribution in [0.15, 0.2) is 24.3 Å². The van der Waals surface area contributed by atoms with Gasteiger partial charge in [0.25, 0.3) is 0 Å². The quantitative estimate of drug-likeness (QED) is 0.822. The minimum absolute atomic E-state index is 0.116. The fraction of sp³-hybridized carbons (Fsp3) is 0.600. The first-order chi connectivity index (χ1) is 9.07. The van der Waals surface area contributed by atoms with Gasteiger partial charge in [-0.1, -0.05) is 24.3 Å². The van der Waals surface area contributed by atoms with Gasteiger partial charge < -0.3 is 18.9 Å². The second-order valence-electron chi connectivity index (χ2n) is 5.51. The first-order valence-electron chi connectivity index (χ1n) is 6.57. The molecule has 4 atom stereocenters. The molecule has 0 amide bonds. The van der Waals surface area contributed by atoms with Gasteiger partial charge in [0, 0.05) is 14.2 Å². The summed E-state index contributed by atoms with van der Waals surface area (Å²) in [4.78, 5) is 0. The highest BCUT2D eigenvalue weighted by Crippen LogP contribution is 2.48. The van der Waals surface area contributed by atoms with Gasteiger partial charge in [0.1, 0.15) is 24.4 Å². The lowest BCUT2D eigenvalue weighted by Crippen LogP contribution is -2.41. The zero-order valence-electron chi connectivity index (χ0n) is 11.8. The lowest BCUT2D eigenvalue weighted by Gasteiger charge is -2.37. The average molecular weight is 264 g/mol. The van der Waals surface area contributed by atoms with E-state index in [4.69, 9.17) is 18.9 Å². The molecule has 4 nitrogen and oxygen atoms in total. The standard InChI is InChI=1S/C15H20O4/c1-15(2)18-13-11(16-3)9-7-5-6-8-10(9)12(17-4)14(13)19-15/h5-8,11-14H,1-4H3/t11-,12-,13+,14+/m0/s1. The normalized spacial score (nSPS) is 35.8. The van der Waals surface area contributed by atoms with Crippen molar-refractivity contribution in [3.63, 3.8) is 0 Å². The lowest BCUT2D eigenvalue weighted by atomic mass is 9.83. The van der Waals surface area contributed by atoms with Crippen LogP contribution in [0.5, 0.6) is 0 Å². The average Bonchev–Trinajstić information content (AvgIpc) is 2.70. The van der Waals surface area contributed by atoms with E-state index in [-0.39, 0.29) is 24.4 Å². The monoisotopic (exact) mass is 264 g/mol. The largest absolute Gasteiger partial charge is 0.374 e. The van der Waals surface area contributed by atoms with Crippen molar-refractivity contribution in [2.45, 2.75) is 44.1 Å². The number of rotatable bonds is 2. The van der Waals surface area contributed by atoms with Crippen molar-refractivity contribution in [1.82, 2.24) is 0 Å². The van der Waals surface area contributed by atoms with Crippen LogP contribution in [-0.2, 0) is 18.9 Å². The van der Waals surface area contributed by atoms with E-state index in [9.17, 15) is 0 Å². The number of methoxy groups -OCH3 is 2. The summed E-state index contributed by atoms with van der Waals surface area (Å²) in [6.45, 7) is 3.85. The van der Waals surface area contributed by atoms with E-state index in [1.165, 1.54) is 0 Å². The van der Waals surface area contributed by atoms with Crippen LogP contribution in [-0.4, -0.2) is 32.2 Å². The molecule has 104 valence electrons. The smallest absolute Gasteiger partial charge is 0.164 e. The third-order valence-electron chi connectivity index (χ3n) is 3.88. The molecule has 1 aliphatic carbocycles. The Morgan fingerprint density at radius 1 is 0.895 bits per heavy atom. The Labute approximate surface area is 113 Å². The van der Waals surface area contributed by atoms with Gasteiger partial charge in [0.05, 0.1) is 0 Å². The molecule has 0 aromatic heterocycles. The molecule has 1 fully saturated rings. The summed E-state index contributed by atoms with van der Waals surface area (Å²) in [7, 11) is 3.42. The lowest BCUT2D eigenvalue weighted by molar-refractivity contribution is -0.161. The van der Waals surface area contributed by atoms with Crippen molar-refractivity contribution in [1.29, 1.82) is 0 Å². The Bertz CT molecular complexity index is 430. The fourth-order valence-corrected chi connectivity index (χ4v) is 3.19. The highest BCUT2D eigenvalue weighted by Gasteiger charge is 2.53. The molecule has 1 heterocycles. The molecule has 4 heteroatoms. The summed E-state index contributed by atoms with van der Waals surface area (Å²) in [6.07, 6.45) is -0.511. The molecule has 19 heavy (non-hydrogen) atoms. The van der Waals surface area contributed by atoms with E-state index in [1.807, 2.05) is 26.0 Å². The van der Waals surface area contributed by atoms with Crippen LogP contribution in [0.2, 0.25) is 0 Å². The Kier molecular flexibility index (Phi) is 3.14. The first-order valence-corrected chi connectivity index (χ1v) is 6.57. The van der Waals surface area contributed by atoms with Crippen LogP contribution in [0.1, 0.15) is 37.2 Å². The molecular formula is C15H20O4. The van der Waals surface area contributed by atoms with Crippen LogP contribution < -0.4 is 0 Å². The van der Waals surface area contributed by atoms with Gasteiger partial charge in [-0.2, -0.15) is 0 Å². The topological polar surface area (TPSA) is 36.9 Å². The second kappa shape index (κ2) is 4.56. The SMILES string of the molecule is CO[C@H]1c2ccccc2[C@H](OC)[C@H]2OC(C)(C)O[C@@H]21. The highest BCUT2D eigenvalue weighted by molar-refractivity contribution is 5.36. The maximum absolute atomic E-state index is 6.02. The molecule has 0 bridgehead atoms. The first kappa shape index (κ1) is 13.1. The molecule has 0 unspecified atom stereocenters. The third kappa shape index (κ3) is 1.99. The van der Waals surface area contributed by atoms with Gasteiger partial charge in [-0.3, -0.25) is 0 Å². The molecule has 1 saturated heterocycles. The van der Waals surface area contributed by atoms with Gasteiger partial charge in [-0.25, -0.2) is 0 Å². The number of benzene rings is 1. The molecule has 1 aromatic rings. The van der Waals surface area contributed by atoms with Crippen LogP contribution in [0, 0.1) is 0 Å². The van der Waals surface area contributed by atoms with Crippen molar-refractivity contribution >= 4 is 0 Å². The van der Waals surface area contributed by atoms with Gasteiger partial charge >= 0.3 is 0 Å². The predicted octanol–water partition coefficient (Wildman–Crippen LogP) is 2.60. The minimum atomic E-state index is -0.606. The summed E-state index contributed by atoms with van der Waals surface area (Å²) in [6, 6.07) is 8.17. The Morgan fingerprint density at radius 2 is 1.32 bits per heavy atom. The Morgan fingerprint density at radius 3 is 1.68 bits per heavy atom. The van der Waals surface area contributed by atoms with Gasteiger partial charge in [0.15, 0.2) is 5.79 Å². The van der Waals surface area contributed by atoms with Crippen molar-refractivity contribution in [2.24, 2.45) is 0 Å². The van der Waals surface area contributed by atoms with Crippen LogP contribution in [0.4, 0.5) is 0 Å². The van der Waals surface area contributed by atoms with Crippen molar-refractivity contribution in [2.75, 3.05) is 14.2 Å². The number of hydrogen-bond acceptors (Lipinski definition) is 4. The summed E-state index contributed by atoms with van der Waals surface area (Å²) in [5.74, 6) is -0.606. The summed E-state index contributed by atoms with van der Waals surface area (Å²) >= 11 is 0. The van der Waals surface area contributed by atoms with Crippen LogP contribution in [0.25, 0.3) is 0 Å². The molecule has 2 aliphatic rings. The van der Waals surface area contributed by atoms with E-state index in [2.05, 4.69) is 12.1 Å². The zero-order chi connectivity index (χ0) is 13.6. The molecule has 1 aromatic carbocycles. The highest BCUT2D eigenvalue weighted by atomic mass is 16.8. The molecular weight excluding hydrogens is 244 g/mol. The van der Waals surface area contributed by atoms with Crippen molar-refractivity contribution in [3.05, 3.63) is 35.4 Å². The Hall–Kier alpha value is -0.940. The Balaban J connectivity index is 2.08. The summed E-state index contributed by atoms with van der Waals surface area (Å²) in [5, 5.41) is 0. The number of fused-ring (bicyclic) bond motifs is 2. The van der Waals surface area contributed by atoms with E-state index >= 15 is 0 Å². The van der Waals surface area contributed by atoms with E-state index in [1.54, 1.807) is 14.2 Å². The maximum atomic E-state index is 6.02. The zero-order valence-corrected chi connectivity index (χ0v) is 11.8. The molecule has 0 N–H and O–H groups in total. The van der Waals surface area contributed by atoms with E-state index in [0.29, 0.717) is 0 Å².